The van der Waals surface area contributed by atoms with E-state index in [1.54, 1.807) is 0 Å². The van der Waals surface area contributed by atoms with Crippen molar-refractivity contribution in [3.8, 4) is 0 Å². The molecule has 0 radical (unpaired) electrons. The zero-order chi connectivity index (χ0) is 10.9. The Bertz CT molecular complexity index is 231. The summed E-state index contributed by atoms with van der Waals surface area (Å²) in [5.41, 5.74) is 1.15. The van der Waals surface area contributed by atoms with E-state index >= 15 is 0 Å². The summed E-state index contributed by atoms with van der Waals surface area (Å²) in [6, 6.07) is 0. The van der Waals surface area contributed by atoms with Crippen molar-refractivity contribution in [2.75, 3.05) is 0 Å². The van der Waals surface area contributed by atoms with Crippen LogP contribution in [0.3, 0.4) is 0 Å². The number of unbranched alkanes of at least 4 members (excludes halogenated alkanes) is 4. The van der Waals surface area contributed by atoms with E-state index in [9.17, 15) is 0 Å². The maximum atomic E-state index is 4.46. The summed E-state index contributed by atoms with van der Waals surface area (Å²) in [6.45, 7) is 5.41. The van der Waals surface area contributed by atoms with Gasteiger partial charge in [-0.2, -0.15) is 15.0 Å². The van der Waals surface area contributed by atoms with E-state index in [1.807, 2.05) is 11.0 Å². The molecule has 0 spiro atoms. The molecular formula is C12H23N3. The molecule has 0 saturated carbocycles. The van der Waals surface area contributed by atoms with Gasteiger partial charge >= 0.3 is 0 Å². The van der Waals surface area contributed by atoms with Gasteiger partial charge in [-0.05, 0) is 19.3 Å². The third-order valence-electron chi connectivity index (χ3n) is 2.58. The fraction of sp³-hybridized carbons (Fsp3) is 0.833. The summed E-state index contributed by atoms with van der Waals surface area (Å²) in [7, 11) is 0. The molecule has 1 heterocycles. The first kappa shape index (κ1) is 12.2. The lowest BCUT2D eigenvalue weighted by Gasteiger charge is -1.98. The molecule has 86 valence electrons. The Kier molecular flexibility index (Phi) is 6.05. The molecule has 15 heavy (non-hydrogen) atoms. The topological polar surface area (TPSA) is 30.7 Å². The van der Waals surface area contributed by atoms with Gasteiger partial charge in [0, 0.05) is 0 Å². The van der Waals surface area contributed by atoms with Crippen LogP contribution >= 0.6 is 0 Å². The molecule has 0 N–H and O–H groups in total. The maximum Gasteiger partial charge on any atom is 0.0827 e. The van der Waals surface area contributed by atoms with Gasteiger partial charge in [0.2, 0.25) is 0 Å². The van der Waals surface area contributed by atoms with Gasteiger partial charge in [-0.1, -0.05) is 39.5 Å². The Morgan fingerprint density at radius 2 is 1.80 bits per heavy atom. The fourth-order valence-corrected chi connectivity index (χ4v) is 1.61. The maximum absolute atomic E-state index is 4.46. The number of aryl methyl sites for hydroxylation is 2. The summed E-state index contributed by atoms with van der Waals surface area (Å²) in [6.07, 6.45) is 10.5. The molecule has 0 aliphatic rings. The van der Waals surface area contributed by atoms with Crippen molar-refractivity contribution < 1.29 is 0 Å². The highest BCUT2D eigenvalue weighted by Gasteiger charge is 1.99. The monoisotopic (exact) mass is 209 g/mol. The van der Waals surface area contributed by atoms with Gasteiger partial charge in [0.1, 0.15) is 0 Å². The molecule has 0 saturated heterocycles. The minimum atomic E-state index is 0.974. The molecule has 0 bridgehead atoms. The minimum absolute atomic E-state index is 0.974. The molecule has 0 unspecified atom stereocenters. The van der Waals surface area contributed by atoms with Crippen LogP contribution in [0.2, 0.25) is 0 Å². The Labute approximate surface area is 92.9 Å². The van der Waals surface area contributed by atoms with Gasteiger partial charge in [-0.25, -0.2) is 0 Å². The van der Waals surface area contributed by atoms with Gasteiger partial charge in [0.05, 0.1) is 18.4 Å². The standard InChI is InChI=1S/C12H23N3/c1-3-5-7-9-12-11-13-15(14-12)10-8-6-4-2/h11H,3-10H2,1-2H3. The largest absolute Gasteiger partial charge is 0.185 e. The quantitative estimate of drug-likeness (QED) is 0.615. The molecule has 0 amide bonds. The van der Waals surface area contributed by atoms with E-state index in [0.717, 1.165) is 18.7 Å². The molecule has 3 heteroatoms. The van der Waals surface area contributed by atoms with Crippen molar-refractivity contribution in [1.82, 2.24) is 15.0 Å². The predicted octanol–water partition coefficient (Wildman–Crippen LogP) is 3.20. The van der Waals surface area contributed by atoms with Crippen LogP contribution in [0.15, 0.2) is 6.20 Å². The molecule has 0 aromatic carbocycles. The molecule has 1 aromatic rings. The first-order valence-corrected chi connectivity index (χ1v) is 6.25. The van der Waals surface area contributed by atoms with Crippen molar-refractivity contribution in [2.24, 2.45) is 0 Å². The highest BCUT2D eigenvalue weighted by atomic mass is 15.5. The highest BCUT2D eigenvalue weighted by molar-refractivity contribution is 4.90. The van der Waals surface area contributed by atoms with Crippen LogP contribution in [0.25, 0.3) is 0 Å². The lowest BCUT2D eigenvalue weighted by molar-refractivity contribution is 0.492. The van der Waals surface area contributed by atoms with Gasteiger partial charge in [0.15, 0.2) is 0 Å². The van der Waals surface area contributed by atoms with E-state index in [0.29, 0.717) is 0 Å². The summed E-state index contributed by atoms with van der Waals surface area (Å²) in [5, 5.41) is 8.73. The van der Waals surface area contributed by atoms with E-state index < -0.39 is 0 Å². The molecule has 1 rings (SSSR count). The van der Waals surface area contributed by atoms with E-state index in [1.165, 1.54) is 38.5 Å². The van der Waals surface area contributed by atoms with Gasteiger partial charge in [0.25, 0.3) is 0 Å². The summed E-state index contributed by atoms with van der Waals surface area (Å²) in [4.78, 5) is 1.84. The molecule has 0 fully saturated rings. The van der Waals surface area contributed by atoms with Crippen LogP contribution in [-0.4, -0.2) is 15.0 Å². The van der Waals surface area contributed by atoms with Crippen molar-refractivity contribution in [2.45, 2.75) is 65.3 Å². The average molecular weight is 209 g/mol. The van der Waals surface area contributed by atoms with Crippen LogP contribution in [0.4, 0.5) is 0 Å². The van der Waals surface area contributed by atoms with Crippen molar-refractivity contribution in [3.05, 3.63) is 11.9 Å². The zero-order valence-corrected chi connectivity index (χ0v) is 10.1. The predicted molar refractivity (Wildman–Crippen MR) is 62.8 cm³/mol. The Hall–Kier alpha value is -0.860. The van der Waals surface area contributed by atoms with Gasteiger partial charge in [-0.3, -0.25) is 0 Å². The summed E-state index contributed by atoms with van der Waals surface area (Å²) >= 11 is 0. The van der Waals surface area contributed by atoms with Crippen LogP contribution in [0.1, 0.15) is 58.1 Å². The number of rotatable bonds is 8. The molecular weight excluding hydrogens is 186 g/mol. The van der Waals surface area contributed by atoms with E-state index in [4.69, 9.17) is 0 Å². The van der Waals surface area contributed by atoms with E-state index in [2.05, 4.69) is 24.0 Å². The van der Waals surface area contributed by atoms with Crippen LogP contribution in [0, 0.1) is 0 Å². The second-order valence-corrected chi connectivity index (χ2v) is 4.10. The third-order valence-corrected chi connectivity index (χ3v) is 2.58. The van der Waals surface area contributed by atoms with Crippen LogP contribution in [0.5, 0.6) is 0 Å². The van der Waals surface area contributed by atoms with Crippen molar-refractivity contribution in [1.29, 1.82) is 0 Å². The summed E-state index contributed by atoms with van der Waals surface area (Å²) in [5.74, 6) is 0. The number of nitrogens with zero attached hydrogens (tertiary/aromatic N) is 3. The SMILES string of the molecule is CCCCCc1cnn(CCCCC)n1. The minimum Gasteiger partial charge on any atom is -0.185 e. The first-order valence-electron chi connectivity index (χ1n) is 6.25. The Morgan fingerprint density at radius 1 is 1.07 bits per heavy atom. The van der Waals surface area contributed by atoms with Crippen LogP contribution < -0.4 is 0 Å². The van der Waals surface area contributed by atoms with Gasteiger partial charge in [-0.15, -0.1) is 0 Å². The van der Waals surface area contributed by atoms with Crippen molar-refractivity contribution >= 4 is 0 Å². The highest BCUT2D eigenvalue weighted by Crippen LogP contribution is 2.03. The van der Waals surface area contributed by atoms with E-state index in [-0.39, 0.29) is 0 Å². The lowest BCUT2D eigenvalue weighted by atomic mass is 10.2. The van der Waals surface area contributed by atoms with Crippen molar-refractivity contribution in [3.63, 3.8) is 0 Å². The molecule has 0 atom stereocenters. The smallest absolute Gasteiger partial charge is 0.0827 e. The zero-order valence-electron chi connectivity index (χ0n) is 10.1. The molecule has 0 aliphatic heterocycles. The average Bonchev–Trinajstić information content (AvgIpc) is 2.67. The number of hydrogen-bond donors (Lipinski definition) is 0. The second kappa shape index (κ2) is 7.43. The first-order chi connectivity index (χ1) is 7.36. The Morgan fingerprint density at radius 3 is 2.53 bits per heavy atom. The molecule has 3 nitrogen and oxygen atoms in total. The normalized spacial score (nSPS) is 10.8. The number of hydrogen-bond acceptors (Lipinski definition) is 2. The number of aromatic nitrogens is 3. The Balaban J connectivity index is 2.23. The summed E-state index contributed by atoms with van der Waals surface area (Å²) < 4.78 is 0. The second-order valence-electron chi connectivity index (χ2n) is 4.10. The molecule has 1 aromatic heterocycles. The molecule has 0 aliphatic carbocycles. The van der Waals surface area contributed by atoms with Crippen LogP contribution in [-0.2, 0) is 13.0 Å². The lowest BCUT2D eigenvalue weighted by Crippen LogP contribution is -2.02. The van der Waals surface area contributed by atoms with Gasteiger partial charge < -0.3 is 0 Å². The third kappa shape index (κ3) is 4.96. The fourth-order valence-electron chi connectivity index (χ4n) is 1.61.